The van der Waals surface area contributed by atoms with E-state index in [1.54, 1.807) is 19.4 Å². The molecule has 1 aromatic heterocycles. The molecule has 1 aromatic carbocycles. The summed E-state index contributed by atoms with van der Waals surface area (Å²) in [5.74, 6) is -0.778. The lowest BCUT2D eigenvalue weighted by Gasteiger charge is -2.10. The standard InChI is InChI=1S/C12H13ClFN3O2S2/c1-7-6-20-12(16-7)17-21(18,19)9-3-8(5-15-2)11(13)10(14)4-9/h3-4,6,15H,5H2,1-2H3,(H,16,17). The molecular formula is C12H13ClFN3O2S2. The molecule has 0 bridgehead atoms. The van der Waals surface area contributed by atoms with E-state index >= 15 is 0 Å². The van der Waals surface area contributed by atoms with Gasteiger partial charge in [0.25, 0.3) is 10.0 Å². The summed E-state index contributed by atoms with van der Waals surface area (Å²) in [6.45, 7) is 2.01. The topological polar surface area (TPSA) is 71.1 Å². The maximum Gasteiger partial charge on any atom is 0.263 e. The number of benzene rings is 1. The Morgan fingerprint density at radius 2 is 2.14 bits per heavy atom. The highest BCUT2D eigenvalue weighted by Crippen LogP contribution is 2.26. The van der Waals surface area contributed by atoms with Crippen LogP contribution in [-0.2, 0) is 16.6 Å². The van der Waals surface area contributed by atoms with E-state index in [-0.39, 0.29) is 21.6 Å². The van der Waals surface area contributed by atoms with Crippen molar-refractivity contribution in [3.63, 3.8) is 0 Å². The number of aryl methyl sites for hydroxylation is 1. The fraction of sp³-hybridized carbons (Fsp3) is 0.250. The normalized spacial score (nSPS) is 11.6. The van der Waals surface area contributed by atoms with Crippen LogP contribution in [0.1, 0.15) is 11.3 Å². The number of anilines is 1. The first kappa shape index (κ1) is 16.2. The average molecular weight is 350 g/mol. The molecule has 0 saturated carbocycles. The number of halogens is 2. The van der Waals surface area contributed by atoms with Crippen molar-refractivity contribution in [2.24, 2.45) is 0 Å². The third-order valence-corrected chi connectivity index (χ3v) is 5.34. The summed E-state index contributed by atoms with van der Waals surface area (Å²) in [6, 6.07) is 2.23. The number of hydrogen-bond donors (Lipinski definition) is 2. The van der Waals surface area contributed by atoms with Gasteiger partial charge in [-0.05, 0) is 31.7 Å². The molecule has 0 radical (unpaired) electrons. The molecule has 0 aliphatic heterocycles. The first-order valence-electron chi connectivity index (χ1n) is 5.91. The van der Waals surface area contributed by atoms with E-state index in [4.69, 9.17) is 11.6 Å². The monoisotopic (exact) mass is 349 g/mol. The van der Waals surface area contributed by atoms with Gasteiger partial charge < -0.3 is 5.32 Å². The van der Waals surface area contributed by atoms with Gasteiger partial charge in [0.1, 0.15) is 5.82 Å². The van der Waals surface area contributed by atoms with Gasteiger partial charge in [-0.25, -0.2) is 17.8 Å². The molecule has 0 saturated heterocycles. The molecule has 0 unspecified atom stereocenters. The number of nitrogens with zero attached hydrogens (tertiary/aromatic N) is 1. The maximum absolute atomic E-state index is 13.8. The van der Waals surface area contributed by atoms with Crippen molar-refractivity contribution >= 4 is 38.1 Å². The van der Waals surface area contributed by atoms with Gasteiger partial charge in [0, 0.05) is 11.9 Å². The van der Waals surface area contributed by atoms with Gasteiger partial charge in [-0.1, -0.05) is 11.6 Å². The molecule has 0 fully saturated rings. The van der Waals surface area contributed by atoms with Crippen molar-refractivity contribution in [1.82, 2.24) is 10.3 Å². The number of nitrogens with one attached hydrogen (secondary N) is 2. The van der Waals surface area contributed by atoms with Gasteiger partial charge in [0.05, 0.1) is 15.6 Å². The van der Waals surface area contributed by atoms with Crippen LogP contribution < -0.4 is 10.0 Å². The predicted molar refractivity (Wildman–Crippen MR) is 81.8 cm³/mol. The minimum atomic E-state index is -3.91. The zero-order valence-corrected chi connectivity index (χ0v) is 13.7. The van der Waals surface area contributed by atoms with E-state index in [0.717, 1.165) is 17.4 Å². The number of hydrogen-bond acceptors (Lipinski definition) is 5. The van der Waals surface area contributed by atoms with E-state index in [2.05, 4.69) is 15.0 Å². The van der Waals surface area contributed by atoms with Crippen LogP contribution in [0.5, 0.6) is 0 Å². The van der Waals surface area contributed by atoms with Crippen LogP contribution in [-0.4, -0.2) is 20.4 Å². The molecular weight excluding hydrogens is 337 g/mol. The molecule has 0 aliphatic rings. The molecule has 0 spiro atoms. The third-order valence-electron chi connectivity index (χ3n) is 2.60. The van der Waals surface area contributed by atoms with Crippen LogP contribution in [0.4, 0.5) is 9.52 Å². The van der Waals surface area contributed by atoms with Gasteiger partial charge in [-0.3, -0.25) is 4.72 Å². The highest BCUT2D eigenvalue weighted by molar-refractivity contribution is 7.93. The highest BCUT2D eigenvalue weighted by Gasteiger charge is 2.20. The minimum Gasteiger partial charge on any atom is -0.316 e. The summed E-state index contributed by atoms with van der Waals surface area (Å²) < 4.78 is 40.6. The summed E-state index contributed by atoms with van der Waals surface area (Å²) in [7, 11) is -2.25. The Hall–Kier alpha value is -1.22. The summed E-state index contributed by atoms with van der Waals surface area (Å²) in [6.07, 6.45) is 0. The van der Waals surface area contributed by atoms with Crippen LogP contribution in [0.2, 0.25) is 5.02 Å². The first-order chi connectivity index (χ1) is 9.83. The van der Waals surface area contributed by atoms with Crippen LogP contribution in [0.3, 0.4) is 0 Å². The lowest BCUT2D eigenvalue weighted by atomic mass is 10.2. The molecule has 5 nitrogen and oxygen atoms in total. The lowest BCUT2D eigenvalue weighted by molar-refractivity contribution is 0.594. The van der Waals surface area contributed by atoms with E-state index in [1.807, 2.05) is 0 Å². The quantitative estimate of drug-likeness (QED) is 0.870. The highest BCUT2D eigenvalue weighted by atomic mass is 35.5. The minimum absolute atomic E-state index is 0.0895. The van der Waals surface area contributed by atoms with Crippen LogP contribution in [0.15, 0.2) is 22.4 Å². The van der Waals surface area contributed by atoms with Crippen LogP contribution in [0, 0.1) is 12.7 Å². The van der Waals surface area contributed by atoms with Crippen molar-refractivity contribution in [3.8, 4) is 0 Å². The second-order valence-electron chi connectivity index (χ2n) is 4.31. The predicted octanol–water partition coefficient (Wildman–Crippen LogP) is 2.76. The van der Waals surface area contributed by atoms with Crippen LogP contribution in [0.25, 0.3) is 0 Å². The summed E-state index contributed by atoms with van der Waals surface area (Å²) >= 11 is 6.98. The fourth-order valence-electron chi connectivity index (χ4n) is 1.67. The number of sulfonamides is 1. The van der Waals surface area contributed by atoms with E-state index < -0.39 is 15.8 Å². The Morgan fingerprint density at radius 3 is 2.71 bits per heavy atom. The Kier molecular flexibility index (Phi) is 4.82. The van der Waals surface area contributed by atoms with E-state index in [1.165, 1.54) is 6.07 Å². The lowest BCUT2D eigenvalue weighted by Crippen LogP contribution is -2.15. The summed E-state index contributed by atoms with van der Waals surface area (Å²) in [5.41, 5.74) is 1.07. The van der Waals surface area contributed by atoms with Crippen molar-refractivity contribution < 1.29 is 12.8 Å². The second kappa shape index (κ2) is 6.27. The van der Waals surface area contributed by atoms with Crippen molar-refractivity contribution in [3.05, 3.63) is 39.6 Å². The first-order valence-corrected chi connectivity index (χ1v) is 8.65. The Labute approximate surface area is 131 Å². The number of aromatic nitrogens is 1. The van der Waals surface area contributed by atoms with E-state index in [0.29, 0.717) is 11.3 Å². The maximum atomic E-state index is 13.8. The summed E-state index contributed by atoms with van der Waals surface area (Å²) in [4.78, 5) is 3.82. The Morgan fingerprint density at radius 1 is 1.43 bits per heavy atom. The molecule has 21 heavy (non-hydrogen) atoms. The van der Waals surface area contributed by atoms with Crippen molar-refractivity contribution in [1.29, 1.82) is 0 Å². The van der Waals surface area contributed by atoms with Gasteiger partial charge in [-0.2, -0.15) is 0 Å². The Balaban J connectivity index is 2.40. The molecule has 2 rings (SSSR count). The van der Waals surface area contributed by atoms with Crippen LogP contribution >= 0.6 is 22.9 Å². The zero-order valence-electron chi connectivity index (χ0n) is 11.3. The molecule has 9 heteroatoms. The molecule has 0 atom stereocenters. The Bertz CT molecular complexity index is 762. The number of rotatable bonds is 5. The average Bonchev–Trinajstić information content (AvgIpc) is 2.79. The van der Waals surface area contributed by atoms with Gasteiger partial charge in [-0.15, -0.1) is 11.3 Å². The molecule has 2 N–H and O–H groups in total. The largest absolute Gasteiger partial charge is 0.316 e. The van der Waals surface area contributed by atoms with Crippen molar-refractivity contribution in [2.75, 3.05) is 11.8 Å². The summed E-state index contributed by atoms with van der Waals surface area (Å²) in [5, 5.41) is 4.67. The van der Waals surface area contributed by atoms with Crippen molar-refractivity contribution in [2.45, 2.75) is 18.4 Å². The molecule has 0 aliphatic carbocycles. The zero-order chi connectivity index (χ0) is 15.6. The van der Waals surface area contributed by atoms with Gasteiger partial charge >= 0.3 is 0 Å². The van der Waals surface area contributed by atoms with E-state index in [9.17, 15) is 12.8 Å². The number of thiazole rings is 1. The third kappa shape index (κ3) is 3.70. The molecule has 0 amide bonds. The SMILES string of the molecule is CNCc1cc(S(=O)(=O)Nc2nc(C)cs2)cc(F)c1Cl. The fourth-order valence-corrected chi connectivity index (χ4v) is 3.85. The van der Waals surface area contributed by atoms with Gasteiger partial charge in [0.15, 0.2) is 5.13 Å². The smallest absolute Gasteiger partial charge is 0.263 e. The van der Waals surface area contributed by atoms with Gasteiger partial charge in [0.2, 0.25) is 0 Å². The molecule has 2 aromatic rings. The molecule has 1 heterocycles. The second-order valence-corrected chi connectivity index (χ2v) is 7.23. The molecule has 114 valence electrons.